The van der Waals surface area contributed by atoms with Gasteiger partial charge in [-0.1, -0.05) is 86.3 Å². The number of rotatable bonds is 7. The third kappa shape index (κ3) is 5.01. The molecule has 3 aromatic rings. The van der Waals surface area contributed by atoms with Crippen LogP contribution in [0, 0.1) is 5.92 Å². The van der Waals surface area contributed by atoms with Crippen molar-refractivity contribution in [1.29, 1.82) is 0 Å². The molecule has 0 spiro atoms. The van der Waals surface area contributed by atoms with E-state index in [4.69, 9.17) is 9.40 Å². The Kier molecular flexibility index (Phi) is 6.35. The second-order valence-electron chi connectivity index (χ2n) is 6.79. The minimum absolute atomic E-state index is 0.00516. The first kappa shape index (κ1) is 19.2. The van der Waals surface area contributed by atoms with E-state index in [2.05, 4.69) is 19.2 Å². The molecule has 0 aliphatic rings. The average Bonchev–Trinajstić information content (AvgIpc) is 3.11. The van der Waals surface area contributed by atoms with Gasteiger partial charge in [-0.25, -0.2) is 4.98 Å². The van der Waals surface area contributed by atoms with E-state index in [1.54, 1.807) is 0 Å². The molecule has 0 aliphatic carbocycles. The Hall–Kier alpha value is -2.53. The fourth-order valence-corrected chi connectivity index (χ4v) is 3.35. The number of nitrogens with zero attached hydrogens (tertiary/aromatic N) is 1. The highest BCUT2D eigenvalue weighted by molar-refractivity contribution is 8.00. The van der Waals surface area contributed by atoms with Crippen LogP contribution in [-0.4, -0.2) is 22.7 Å². The second-order valence-corrected chi connectivity index (χ2v) is 8.08. The summed E-state index contributed by atoms with van der Waals surface area (Å²) in [6.45, 7) is 6.68. The Morgan fingerprint density at radius 2 is 1.59 bits per heavy atom. The summed E-state index contributed by atoms with van der Waals surface area (Å²) in [5, 5.41) is 3.17. The van der Waals surface area contributed by atoms with Crippen molar-refractivity contribution in [3.63, 3.8) is 0 Å². The maximum Gasteiger partial charge on any atom is 0.257 e. The molecule has 0 radical (unpaired) electrons. The highest BCUT2D eigenvalue weighted by atomic mass is 32.2. The smallest absolute Gasteiger partial charge is 0.257 e. The molecule has 0 fully saturated rings. The molecule has 4 nitrogen and oxygen atoms in total. The number of aromatic nitrogens is 1. The maximum absolute atomic E-state index is 12.3. The summed E-state index contributed by atoms with van der Waals surface area (Å²) in [7, 11) is 0. The Balaban J connectivity index is 1.87. The van der Waals surface area contributed by atoms with Gasteiger partial charge in [0, 0.05) is 17.7 Å². The van der Waals surface area contributed by atoms with Crippen LogP contribution < -0.4 is 5.32 Å². The lowest BCUT2D eigenvalue weighted by atomic mass is 10.1. The van der Waals surface area contributed by atoms with E-state index in [1.807, 2.05) is 67.6 Å². The molecule has 1 aromatic heterocycles. The van der Waals surface area contributed by atoms with Gasteiger partial charge in [0.25, 0.3) is 5.22 Å². The molecule has 0 saturated heterocycles. The van der Waals surface area contributed by atoms with Crippen LogP contribution in [0.4, 0.5) is 0 Å². The molecule has 1 atom stereocenters. The Bertz CT molecular complexity index is 819. The number of thioether (sulfide) groups is 1. The van der Waals surface area contributed by atoms with E-state index in [0.29, 0.717) is 17.7 Å². The molecule has 5 heteroatoms. The van der Waals surface area contributed by atoms with Gasteiger partial charge in [-0.2, -0.15) is 0 Å². The monoisotopic (exact) mass is 380 g/mol. The first-order chi connectivity index (χ1) is 13.0. The Morgan fingerprint density at radius 1 is 1.00 bits per heavy atom. The fraction of sp³-hybridized carbons (Fsp3) is 0.273. The molecule has 0 unspecified atom stereocenters. The van der Waals surface area contributed by atoms with E-state index in [-0.39, 0.29) is 11.2 Å². The third-order valence-electron chi connectivity index (χ3n) is 4.02. The van der Waals surface area contributed by atoms with Crippen molar-refractivity contribution in [3.8, 4) is 22.6 Å². The summed E-state index contributed by atoms with van der Waals surface area (Å²) in [5.41, 5.74) is 2.75. The van der Waals surface area contributed by atoms with E-state index < -0.39 is 0 Å². The van der Waals surface area contributed by atoms with E-state index in [1.165, 1.54) is 11.8 Å². The van der Waals surface area contributed by atoms with Crippen LogP contribution in [0.5, 0.6) is 0 Å². The lowest BCUT2D eigenvalue weighted by Crippen LogP contribution is -2.33. The molecule has 140 valence electrons. The number of nitrogens with one attached hydrogen (secondary N) is 1. The standard InChI is InChI=1S/C22H24N2O2S/c1-15(2)14-23-21(25)16(3)27-22-24-19(17-10-6-4-7-11-17)20(26-22)18-12-8-5-9-13-18/h4-13,15-16H,14H2,1-3H3,(H,23,25)/t16-/m0/s1. The number of amides is 1. The van der Waals surface area contributed by atoms with Crippen molar-refractivity contribution in [2.45, 2.75) is 31.2 Å². The zero-order valence-corrected chi connectivity index (χ0v) is 16.6. The zero-order valence-electron chi connectivity index (χ0n) is 15.8. The van der Waals surface area contributed by atoms with Crippen LogP contribution in [0.2, 0.25) is 0 Å². The summed E-state index contributed by atoms with van der Waals surface area (Å²) in [4.78, 5) is 17.0. The second kappa shape index (κ2) is 8.91. The molecule has 1 heterocycles. The number of hydrogen-bond donors (Lipinski definition) is 1. The van der Waals surface area contributed by atoms with Gasteiger partial charge in [0.15, 0.2) is 5.76 Å². The average molecular weight is 381 g/mol. The normalized spacial score (nSPS) is 12.1. The van der Waals surface area contributed by atoms with Gasteiger partial charge in [-0.05, 0) is 12.8 Å². The molecular weight excluding hydrogens is 356 g/mol. The highest BCUT2D eigenvalue weighted by Crippen LogP contribution is 2.36. The summed E-state index contributed by atoms with van der Waals surface area (Å²) in [5.74, 6) is 1.13. The summed E-state index contributed by atoms with van der Waals surface area (Å²) >= 11 is 1.34. The van der Waals surface area contributed by atoms with Crippen LogP contribution in [-0.2, 0) is 4.79 Å². The molecule has 3 rings (SSSR count). The van der Waals surface area contributed by atoms with Gasteiger partial charge < -0.3 is 9.73 Å². The summed E-state index contributed by atoms with van der Waals surface area (Å²) in [6.07, 6.45) is 0. The van der Waals surface area contributed by atoms with Gasteiger partial charge in [0.2, 0.25) is 5.91 Å². The fourth-order valence-electron chi connectivity index (χ4n) is 2.58. The van der Waals surface area contributed by atoms with Gasteiger partial charge in [-0.15, -0.1) is 0 Å². The predicted molar refractivity (Wildman–Crippen MR) is 111 cm³/mol. The van der Waals surface area contributed by atoms with Crippen LogP contribution in [0.15, 0.2) is 70.3 Å². The Labute approximate surface area is 164 Å². The van der Waals surface area contributed by atoms with Crippen LogP contribution >= 0.6 is 11.8 Å². The molecule has 2 aromatic carbocycles. The van der Waals surface area contributed by atoms with Gasteiger partial charge in [-0.3, -0.25) is 4.79 Å². The molecule has 1 N–H and O–H groups in total. The van der Waals surface area contributed by atoms with Gasteiger partial charge >= 0.3 is 0 Å². The van der Waals surface area contributed by atoms with Crippen molar-refractivity contribution in [1.82, 2.24) is 10.3 Å². The molecule has 27 heavy (non-hydrogen) atoms. The largest absolute Gasteiger partial charge is 0.431 e. The van der Waals surface area contributed by atoms with Crippen molar-refractivity contribution in [3.05, 3.63) is 60.7 Å². The summed E-state index contributed by atoms with van der Waals surface area (Å²) < 4.78 is 6.07. The zero-order chi connectivity index (χ0) is 19.2. The van der Waals surface area contributed by atoms with Gasteiger partial charge in [0.05, 0.1) is 5.25 Å². The first-order valence-corrected chi connectivity index (χ1v) is 9.98. The highest BCUT2D eigenvalue weighted by Gasteiger charge is 2.21. The lowest BCUT2D eigenvalue weighted by Gasteiger charge is -2.11. The van der Waals surface area contributed by atoms with Crippen molar-refractivity contribution in [2.24, 2.45) is 5.92 Å². The van der Waals surface area contributed by atoms with Crippen molar-refractivity contribution >= 4 is 17.7 Å². The van der Waals surface area contributed by atoms with Crippen LogP contribution in [0.1, 0.15) is 20.8 Å². The van der Waals surface area contributed by atoms with Crippen LogP contribution in [0.25, 0.3) is 22.6 Å². The maximum atomic E-state index is 12.3. The van der Waals surface area contributed by atoms with Gasteiger partial charge in [0.1, 0.15) is 5.69 Å². The molecule has 1 amide bonds. The number of hydrogen-bond acceptors (Lipinski definition) is 4. The van der Waals surface area contributed by atoms with Crippen LogP contribution in [0.3, 0.4) is 0 Å². The topological polar surface area (TPSA) is 55.1 Å². The number of benzene rings is 2. The predicted octanol–water partition coefficient (Wildman–Crippen LogP) is 5.26. The quantitative estimate of drug-likeness (QED) is 0.568. The lowest BCUT2D eigenvalue weighted by molar-refractivity contribution is -0.120. The molecule has 0 aliphatic heterocycles. The number of carbonyl (C=O) groups is 1. The molecule has 0 bridgehead atoms. The molecule has 0 saturated carbocycles. The first-order valence-electron chi connectivity index (χ1n) is 9.10. The van der Waals surface area contributed by atoms with E-state index >= 15 is 0 Å². The van der Waals surface area contributed by atoms with Crippen molar-refractivity contribution in [2.75, 3.05) is 6.54 Å². The Morgan fingerprint density at radius 3 is 2.19 bits per heavy atom. The molecular formula is C22H24N2O2S. The SMILES string of the molecule is CC(C)CNC(=O)[C@H](C)Sc1nc(-c2ccccc2)c(-c2ccccc2)o1. The summed E-state index contributed by atoms with van der Waals surface area (Å²) in [6, 6.07) is 19.9. The van der Waals surface area contributed by atoms with E-state index in [9.17, 15) is 4.79 Å². The minimum Gasteiger partial charge on any atom is -0.431 e. The van der Waals surface area contributed by atoms with Crippen molar-refractivity contribution < 1.29 is 9.21 Å². The van der Waals surface area contributed by atoms with E-state index in [0.717, 1.165) is 22.6 Å². The third-order valence-corrected chi connectivity index (χ3v) is 4.97. The number of oxazole rings is 1. The number of carbonyl (C=O) groups excluding carboxylic acids is 1. The minimum atomic E-state index is -0.283.